The summed E-state index contributed by atoms with van der Waals surface area (Å²) in [7, 11) is 0. The molecule has 15 heavy (non-hydrogen) atoms. The maximum Gasteiger partial charge on any atom is 0.223 e. The van der Waals surface area contributed by atoms with Gasteiger partial charge in [0.15, 0.2) is 0 Å². The number of nitrogens with one attached hydrogen (secondary N) is 1. The molecule has 0 saturated carbocycles. The largest absolute Gasteiger partial charge is 0.368 e. The fraction of sp³-hybridized carbons (Fsp3) is 0.400. The molecule has 0 fully saturated rings. The molecule has 0 aliphatic heterocycles. The van der Waals surface area contributed by atoms with Crippen LogP contribution in [0.4, 0.5) is 11.8 Å². The second kappa shape index (κ2) is 4.85. The highest BCUT2D eigenvalue weighted by Gasteiger charge is 2.11. The third-order valence-corrected chi connectivity index (χ3v) is 2.06. The molecule has 0 saturated heterocycles. The summed E-state index contributed by atoms with van der Waals surface area (Å²) in [5.41, 5.74) is 5.45. The monoisotopic (exact) mass is 224 g/mol. The number of nitrogen functional groups attached to an aromatic ring is 1. The Bertz CT molecular complexity index is 363. The Labute approximate surface area is 94.3 Å². The van der Waals surface area contributed by atoms with Crippen LogP contribution in [-0.4, -0.2) is 16.0 Å². The third kappa shape index (κ3) is 3.30. The van der Waals surface area contributed by atoms with Gasteiger partial charge in [0.05, 0.1) is 6.04 Å². The van der Waals surface area contributed by atoms with Crippen LogP contribution in [0, 0.1) is 18.3 Å². The van der Waals surface area contributed by atoms with Gasteiger partial charge in [-0.05, 0) is 5.92 Å². The van der Waals surface area contributed by atoms with Crippen LogP contribution >= 0.6 is 11.6 Å². The summed E-state index contributed by atoms with van der Waals surface area (Å²) < 4.78 is 0. The number of rotatable bonds is 3. The van der Waals surface area contributed by atoms with Crippen molar-refractivity contribution in [2.75, 3.05) is 11.1 Å². The lowest BCUT2D eigenvalue weighted by Gasteiger charge is -2.17. The number of nitrogens with zero attached hydrogens (tertiary/aromatic N) is 2. The summed E-state index contributed by atoms with van der Waals surface area (Å²) in [6.07, 6.45) is 5.38. The molecule has 0 spiro atoms. The maximum atomic E-state index is 5.73. The molecule has 0 aliphatic rings. The van der Waals surface area contributed by atoms with Gasteiger partial charge in [0, 0.05) is 6.07 Å². The quantitative estimate of drug-likeness (QED) is 0.607. The SMILES string of the molecule is C#CC(Nc1cc(Cl)nc(N)n1)C(C)C. The Hall–Kier alpha value is -1.47. The number of hydrogen-bond acceptors (Lipinski definition) is 4. The van der Waals surface area contributed by atoms with Gasteiger partial charge in [0.2, 0.25) is 5.95 Å². The summed E-state index contributed by atoms with van der Waals surface area (Å²) in [5, 5.41) is 3.35. The minimum atomic E-state index is -0.102. The maximum absolute atomic E-state index is 5.73. The predicted octanol–water partition coefficient (Wildman–Crippen LogP) is 1.78. The van der Waals surface area contributed by atoms with Crippen LogP contribution in [0.1, 0.15) is 13.8 Å². The highest BCUT2D eigenvalue weighted by Crippen LogP contribution is 2.15. The summed E-state index contributed by atoms with van der Waals surface area (Å²) in [5.74, 6) is 3.60. The van der Waals surface area contributed by atoms with Crippen molar-refractivity contribution in [2.24, 2.45) is 5.92 Å². The summed E-state index contributed by atoms with van der Waals surface area (Å²) in [6, 6.07) is 1.49. The van der Waals surface area contributed by atoms with E-state index < -0.39 is 0 Å². The van der Waals surface area contributed by atoms with Gasteiger partial charge in [-0.1, -0.05) is 31.4 Å². The van der Waals surface area contributed by atoms with Crippen molar-refractivity contribution in [1.82, 2.24) is 9.97 Å². The fourth-order valence-corrected chi connectivity index (χ4v) is 1.26. The van der Waals surface area contributed by atoms with Crippen LogP contribution in [0.3, 0.4) is 0 Å². The van der Waals surface area contributed by atoms with E-state index in [1.807, 2.05) is 13.8 Å². The second-order valence-electron chi connectivity index (χ2n) is 3.47. The number of aromatic nitrogens is 2. The van der Waals surface area contributed by atoms with Crippen molar-refractivity contribution in [3.8, 4) is 12.3 Å². The van der Waals surface area contributed by atoms with E-state index in [1.54, 1.807) is 6.07 Å². The Morgan fingerprint density at radius 2 is 2.20 bits per heavy atom. The van der Waals surface area contributed by atoms with Crippen molar-refractivity contribution >= 4 is 23.4 Å². The first-order valence-electron chi connectivity index (χ1n) is 4.55. The molecule has 3 N–H and O–H groups in total. The van der Waals surface area contributed by atoms with E-state index in [4.69, 9.17) is 23.8 Å². The Morgan fingerprint density at radius 1 is 1.53 bits per heavy atom. The number of anilines is 2. The van der Waals surface area contributed by atoms with Crippen molar-refractivity contribution in [3.63, 3.8) is 0 Å². The van der Waals surface area contributed by atoms with E-state index in [0.717, 1.165) is 0 Å². The van der Waals surface area contributed by atoms with Gasteiger partial charge in [-0.2, -0.15) is 4.98 Å². The number of terminal acetylenes is 1. The molecule has 80 valence electrons. The van der Waals surface area contributed by atoms with Gasteiger partial charge in [0.25, 0.3) is 0 Å². The molecule has 0 aromatic carbocycles. The summed E-state index contributed by atoms with van der Waals surface area (Å²) >= 11 is 5.73. The number of nitrogens with two attached hydrogens (primary N) is 1. The van der Waals surface area contributed by atoms with Gasteiger partial charge in [-0.15, -0.1) is 6.42 Å². The molecule has 1 atom stereocenters. The first kappa shape index (κ1) is 11.6. The van der Waals surface area contributed by atoms with Crippen molar-refractivity contribution < 1.29 is 0 Å². The van der Waals surface area contributed by atoms with Gasteiger partial charge in [-0.25, -0.2) is 4.98 Å². The van der Waals surface area contributed by atoms with Crippen LogP contribution in [0.25, 0.3) is 0 Å². The zero-order chi connectivity index (χ0) is 11.4. The van der Waals surface area contributed by atoms with E-state index in [2.05, 4.69) is 21.2 Å². The highest BCUT2D eigenvalue weighted by molar-refractivity contribution is 6.29. The molecule has 0 radical (unpaired) electrons. The van der Waals surface area contributed by atoms with E-state index in [9.17, 15) is 0 Å². The van der Waals surface area contributed by atoms with Crippen molar-refractivity contribution in [2.45, 2.75) is 19.9 Å². The minimum absolute atomic E-state index is 0.102. The van der Waals surface area contributed by atoms with Gasteiger partial charge < -0.3 is 11.1 Å². The van der Waals surface area contributed by atoms with Gasteiger partial charge >= 0.3 is 0 Å². The molecule has 1 aromatic rings. The lowest BCUT2D eigenvalue weighted by Crippen LogP contribution is -2.24. The molecule has 0 amide bonds. The fourth-order valence-electron chi connectivity index (χ4n) is 1.07. The van der Waals surface area contributed by atoms with Crippen LogP contribution in [0.5, 0.6) is 0 Å². The minimum Gasteiger partial charge on any atom is -0.368 e. The van der Waals surface area contributed by atoms with E-state index in [1.165, 1.54) is 0 Å². The zero-order valence-electron chi connectivity index (χ0n) is 8.66. The molecule has 1 aromatic heterocycles. The normalized spacial score (nSPS) is 12.2. The molecule has 0 bridgehead atoms. The van der Waals surface area contributed by atoms with E-state index in [-0.39, 0.29) is 12.0 Å². The molecule has 1 unspecified atom stereocenters. The molecular weight excluding hydrogens is 212 g/mol. The molecule has 1 rings (SSSR count). The number of halogens is 1. The second-order valence-corrected chi connectivity index (χ2v) is 3.85. The lowest BCUT2D eigenvalue weighted by atomic mass is 10.1. The number of hydrogen-bond donors (Lipinski definition) is 2. The molecule has 0 aliphatic carbocycles. The first-order chi connectivity index (χ1) is 7.02. The standard InChI is InChI=1S/C10H13ClN4/c1-4-7(6(2)3)13-9-5-8(11)14-10(12)15-9/h1,5-7H,2-3H3,(H3,12,13,14,15). The topological polar surface area (TPSA) is 63.8 Å². The smallest absolute Gasteiger partial charge is 0.223 e. The van der Waals surface area contributed by atoms with Gasteiger partial charge in [0.1, 0.15) is 11.0 Å². The third-order valence-electron chi connectivity index (χ3n) is 1.86. The van der Waals surface area contributed by atoms with Crippen LogP contribution in [0.15, 0.2) is 6.07 Å². The highest BCUT2D eigenvalue weighted by atomic mass is 35.5. The Morgan fingerprint density at radius 3 is 2.67 bits per heavy atom. The van der Waals surface area contributed by atoms with Crippen molar-refractivity contribution in [3.05, 3.63) is 11.2 Å². The summed E-state index contributed by atoms with van der Waals surface area (Å²) in [6.45, 7) is 4.04. The van der Waals surface area contributed by atoms with E-state index >= 15 is 0 Å². The molecule has 4 nitrogen and oxygen atoms in total. The average Bonchev–Trinajstić information content (AvgIpc) is 2.12. The zero-order valence-corrected chi connectivity index (χ0v) is 9.42. The van der Waals surface area contributed by atoms with Crippen LogP contribution in [-0.2, 0) is 0 Å². The first-order valence-corrected chi connectivity index (χ1v) is 4.93. The summed E-state index contributed by atoms with van der Waals surface area (Å²) in [4.78, 5) is 7.73. The Balaban J connectivity index is 2.85. The predicted molar refractivity (Wildman–Crippen MR) is 62.5 cm³/mol. The van der Waals surface area contributed by atoms with Crippen LogP contribution < -0.4 is 11.1 Å². The average molecular weight is 225 g/mol. The van der Waals surface area contributed by atoms with Crippen LogP contribution in [0.2, 0.25) is 5.15 Å². The lowest BCUT2D eigenvalue weighted by molar-refractivity contribution is 0.612. The molecule has 1 heterocycles. The Kier molecular flexibility index (Phi) is 3.75. The van der Waals surface area contributed by atoms with Gasteiger partial charge in [-0.3, -0.25) is 0 Å². The van der Waals surface area contributed by atoms with Crippen molar-refractivity contribution in [1.29, 1.82) is 0 Å². The molecular formula is C10H13ClN4. The van der Waals surface area contributed by atoms with E-state index in [0.29, 0.717) is 16.9 Å². The molecule has 5 heteroatoms.